The molecule has 1 aromatic rings. The van der Waals surface area contributed by atoms with Gasteiger partial charge in [-0.3, -0.25) is 0 Å². The summed E-state index contributed by atoms with van der Waals surface area (Å²) in [5.74, 6) is 1.81. The molecule has 1 fully saturated rings. The highest BCUT2D eigenvalue weighted by Gasteiger charge is 2.24. The molecule has 0 saturated heterocycles. The maximum absolute atomic E-state index is 13.0. The molecule has 1 aliphatic carbocycles. The summed E-state index contributed by atoms with van der Waals surface area (Å²) in [7, 11) is 2.01. The zero-order chi connectivity index (χ0) is 11.4. The van der Waals surface area contributed by atoms with Gasteiger partial charge in [0.15, 0.2) is 0 Å². The SMILES string of the molecule is CNC(CSc1cccc(F)c1)CC1CC1. The van der Waals surface area contributed by atoms with Crippen LogP contribution in [0, 0.1) is 11.7 Å². The van der Waals surface area contributed by atoms with E-state index in [0.717, 1.165) is 16.6 Å². The van der Waals surface area contributed by atoms with Crippen LogP contribution < -0.4 is 5.32 Å². The molecule has 3 heteroatoms. The number of nitrogens with one attached hydrogen (secondary N) is 1. The van der Waals surface area contributed by atoms with Gasteiger partial charge in [-0.05, 0) is 37.6 Å². The van der Waals surface area contributed by atoms with Gasteiger partial charge in [-0.15, -0.1) is 11.8 Å². The van der Waals surface area contributed by atoms with Crippen LogP contribution in [0.25, 0.3) is 0 Å². The Bertz CT molecular complexity index is 338. The zero-order valence-corrected chi connectivity index (χ0v) is 10.4. The number of hydrogen-bond acceptors (Lipinski definition) is 2. The summed E-state index contributed by atoms with van der Waals surface area (Å²) < 4.78 is 13.0. The minimum atomic E-state index is -0.145. The molecule has 1 aromatic carbocycles. The quantitative estimate of drug-likeness (QED) is 0.764. The summed E-state index contributed by atoms with van der Waals surface area (Å²) in [6.07, 6.45) is 4.05. The molecule has 1 N–H and O–H groups in total. The van der Waals surface area contributed by atoms with Gasteiger partial charge in [0, 0.05) is 16.7 Å². The molecule has 0 amide bonds. The van der Waals surface area contributed by atoms with Crippen LogP contribution >= 0.6 is 11.8 Å². The van der Waals surface area contributed by atoms with Gasteiger partial charge in [0.1, 0.15) is 5.82 Å². The number of benzene rings is 1. The molecule has 1 unspecified atom stereocenters. The van der Waals surface area contributed by atoms with E-state index in [1.165, 1.54) is 25.3 Å². The topological polar surface area (TPSA) is 12.0 Å². The molecule has 0 heterocycles. The van der Waals surface area contributed by atoms with Gasteiger partial charge in [0.25, 0.3) is 0 Å². The Balaban J connectivity index is 1.80. The van der Waals surface area contributed by atoms with Crippen LogP contribution in [0.5, 0.6) is 0 Å². The van der Waals surface area contributed by atoms with E-state index in [9.17, 15) is 4.39 Å². The van der Waals surface area contributed by atoms with Crippen molar-refractivity contribution >= 4 is 11.8 Å². The van der Waals surface area contributed by atoms with Crippen molar-refractivity contribution in [1.29, 1.82) is 0 Å². The fraction of sp³-hybridized carbons (Fsp3) is 0.538. The van der Waals surface area contributed by atoms with Gasteiger partial charge >= 0.3 is 0 Å². The average molecular weight is 239 g/mol. The molecule has 0 spiro atoms. The lowest BCUT2D eigenvalue weighted by Crippen LogP contribution is -2.28. The lowest BCUT2D eigenvalue weighted by Gasteiger charge is -2.15. The van der Waals surface area contributed by atoms with Crippen LogP contribution in [0.4, 0.5) is 4.39 Å². The normalized spacial score (nSPS) is 17.4. The molecule has 2 rings (SSSR count). The van der Waals surface area contributed by atoms with Gasteiger partial charge in [-0.25, -0.2) is 4.39 Å². The van der Waals surface area contributed by atoms with Crippen LogP contribution in [0.3, 0.4) is 0 Å². The van der Waals surface area contributed by atoms with Crippen molar-refractivity contribution in [3.05, 3.63) is 30.1 Å². The van der Waals surface area contributed by atoms with Crippen molar-refractivity contribution < 1.29 is 4.39 Å². The lowest BCUT2D eigenvalue weighted by molar-refractivity contribution is 0.536. The van der Waals surface area contributed by atoms with Crippen molar-refractivity contribution in [3.8, 4) is 0 Å². The first-order chi connectivity index (χ1) is 7.78. The number of hydrogen-bond donors (Lipinski definition) is 1. The van der Waals surface area contributed by atoms with Gasteiger partial charge in [-0.2, -0.15) is 0 Å². The molecule has 1 atom stereocenters. The molecular weight excluding hydrogens is 221 g/mol. The van der Waals surface area contributed by atoms with Crippen molar-refractivity contribution in [2.45, 2.75) is 30.2 Å². The van der Waals surface area contributed by atoms with E-state index < -0.39 is 0 Å². The largest absolute Gasteiger partial charge is 0.316 e. The summed E-state index contributed by atoms with van der Waals surface area (Å²) >= 11 is 1.73. The van der Waals surface area contributed by atoms with Crippen LogP contribution in [0.2, 0.25) is 0 Å². The molecule has 0 bridgehead atoms. The predicted octanol–water partition coefficient (Wildman–Crippen LogP) is 3.31. The summed E-state index contributed by atoms with van der Waals surface area (Å²) in [5.41, 5.74) is 0. The van der Waals surface area contributed by atoms with Crippen LogP contribution in [-0.2, 0) is 0 Å². The van der Waals surface area contributed by atoms with E-state index in [4.69, 9.17) is 0 Å². The zero-order valence-electron chi connectivity index (χ0n) is 9.58. The Kier molecular flexibility index (Phi) is 4.24. The third-order valence-corrected chi connectivity index (χ3v) is 4.13. The summed E-state index contributed by atoms with van der Waals surface area (Å²) in [5, 5.41) is 3.34. The molecule has 1 nitrogen and oxygen atoms in total. The Morgan fingerprint density at radius 1 is 1.50 bits per heavy atom. The van der Waals surface area contributed by atoms with E-state index in [1.807, 2.05) is 13.1 Å². The minimum absolute atomic E-state index is 0.145. The first kappa shape index (κ1) is 11.9. The molecule has 16 heavy (non-hydrogen) atoms. The Hall–Kier alpha value is -0.540. The molecule has 88 valence electrons. The number of halogens is 1. The first-order valence-corrected chi connectivity index (χ1v) is 6.82. The third kappa shape index (κ3) is 3.80. The summed E-state index contributed by atoms with van der Waals surface area (Å²) in [6.45, 7) is 0. The summed E-state index contributed by atoms with van der Waals surface area (Å²) in [6, 6.07) is 7.39. The standard InChI is InChI=1S/C13H18FNS/c1-15-12(7-10-5-6-10)9-16-13-4-2-3-11(14)8-13/h2-4,8,10,12,15H,5-7,9H2,1H3. The van der Waals surface area contributed by atoms with Gasteiger partial charge in [0.05, 0.1) is 0 Å². The molecule has 1 saturated carbocycles. The Morgan fingerprint density at radius 3 is 2.94 bits per heavy atom. The monoisotopic (exact) mass is 239 g/mol. The van der Waals surface area contributed by atoms with E-state index in [1.54, 1.807) is 23.9 Å². The molecule has 0 radical (unpaired) electrons. The van der Waals surface area contributed by atoms with E-state index >= 15 is 0 Å². The van der Waals surface area contributed by atoms with E-state index in [-0.39, 0.29) is 5.82 Å². The highest BCUT2D eigenvalue weighted by atomic mass is 32.2. The average Bonchev–Trinajstić information content (AvgIpc) is 3.08. The molecule has 0 aromatic heterocycles. The molecule has 1 aliphatic rings. The van der Waals surface area contributed by atoms with Crippen LogP contribution in [0.1, 0.15) is 19.3 Å². The fourth-order valence-electron chi connectivity index (χ4n) is 1.78. The van der Waals surface area contributed by atoms with Crippen molar-refractivity contribution in [3.63, 3.8) is 0 Å². The minimum Gasteiger partial charge on any atom is -0.316 e. The van der Waals surface area contributed by atoms with E-state index in [2.05, 4.69) is 5.32 Å². The maximum atomic E-state index is 13.0. The second kappa shape index (κ2) is 5.69. The highest BCUT2D eigenvalue weighted by Crippen LogP contribution is 2.34. The van der Waals surface area contributed by atoms with Crippen LogP contribution in [-0.4, -0.2) is 18.8 Å². The first-order valence-electron chi connectivity index (χ1n) is 5.83. The van der Waals surface area contributed by atoms with Crippen LogP contribution in [0.15, 0.2) is 29.2 Å². The van der Waals surface area contributed by atoms with Gasteiger partial charge in [0.2, 0.25) is 0 Å². The maximum Gasteiger partial charge on any atom is 0.124 e. The Labute approximate surface area is 101 Å². The van der Waals surface area contributed by atoms with Crippen molar-refractivity contribution in [1.82, 2.24) is 5.32 Å². The van der Waals surface area contributed by atoms with Crippen molar-refractivity contribution in [2.24, 2.45) is 5.92 Å². The van der Waals surface area contributed by atoms with Crippen molar-refractivity contribution in [2.75, 3.05) is 12.8 Å². The fourth-order valence-corrected chi connectivity index (χ4v) is 2.85. The summed E-state index contributed by atoms with van der Waals surface area (Å²) in [4.78, 5) is 1.02. The molecule has 0 aliphatic heterocycles. The van der Waals surface area contributed by atoms with Gasteiger partial charge in [-0.1, -0.05) is 18.9 Å². The van der Waals surface area contributed by atoms with Gasteiger partial charge < -0.3 is 5.32 Å². The number of rotatable bonds is 6. The third-order valence-electron chi connectivity index (χ3n) is 2.97. The lowest BCUT2D eigenvalue weighted by atomic mass is 10.2. The second-order valence-corrected chi connectivity index (χ2v) is 5.53. The second-order valence-electron chi connectivity index (χ2n) is 4.43. The highest BCUT2D eigenvalue weighted by molar-refractivity contribution is 7.99. The predicted molar refractivity (Wildman–Crippen MR) is 67.3 cm³/mol. The molecular formula is C13H18FNS. The smallest absolute Gasteiger partial charge is 0.124 e. The number of thioether (sulfide) groups is 1. The van der Waals surface area contributed by atoms with E-state index in [0.29, 0.717) is 6.04 Å². The Morgan fingerprint density at radius 2 is 2.31 bits per heavy atom.